The Hall–Kier alpha value is -0.970. The highest BCUT2D eigenvalue weighted by molar-refractivity contribution is 7.99. The van der Waals surface area contributed by atoms with E-state index in [9.17, 15) is 0 Å². The summed E-state index contributed by atoms with van der Waals surface area (Å²) in [6.45, 7) is 1.03. The fourth-order valence-electron chi connectivity index (χ4n) is 1.78. The van der Waals surface area contributed by atoms with Gasteiger partial charge in [0.1, 0.15) is 5.82 Å². The number of anilines is 2. The van der Waals surface area contributed by atoms with Gasteiger partial charge in [-0.25, -0.2) is 4.98 Å². The minimum absolute atomic E-state index is 0.671. The maximum atomic E-state index is 4.34. The van der Waals surface area contributed by atoms with Crippen LogP contribution in [0.15, 0.2) is 12.3 Å². The van der Waals surface area contributed by atoms with Crippen LogP contribution < -0.4 is 10.6 Å². The van der Waals surface area contributed by atoms with Gasteiger partial charge >= 0.3 is 0 Å². The Kier molecular flexibility index (Phi) is 4.27. The van der Waals surface area contributed by atoms with Gasteiger partial charge in [0, 0.05) is 19.8 Å². The van der Waals surface area contributed by atoms with E-state index in [0.29, 0.717) is 5.95 Å². The van der Waals surface area contributed by atoms with E-state index in [2.05, 4.69) is 32.4 Å². The van der Waals surface area contributed by atoms with Crippen LogP contribution >= 0.6 is 11.8 Å². The molecule has 0 saturated carbocycles. The first-order valence-electron chi connectivity index (χ1n) is 5.71. The van der Waals surface area contributed by atoms with Gasteiger partial charge in [0.15, 0.2) is 0 Å². The molecule has 0 atom stereocenters. The topological polar surface area (TPSA) is 49.8 Å². The molecule has 1 aromatic heterocycles. The van der Waals surface area contributed by atoms with E-state index in [1.165, 1.54) is 24.3 Å². The monoisotopic (exact) mass is 238 g/mol. The van der Waals surface area contributed by atoms with Gasteiger partial charge < -0.3 is 10.6 Å². The van der Waals surface area contributed by atoms with Gasteiger partial charge in [-0.3, -0.25) is 0 Å². The highest BCUT2D eigenvalue weighted by Gasteiger charge is 2.13. The predicted molar refractivity (Wildman–Crippen MR) is 70.1 cm³/mol. The second kappa shape index (κ2) is 5.94. The Morgan fingerprint density at radius 2 is 2.25 bits per heavy atom. The number of hydrogen-bond donors (Lipinski definition) is 2. The second-order valence-electron chi connectivity index (χ2n) is 3.95. The Labute approximate surface area is 101 Å². The zero-order chi connectivity index (χ0) is 11.2. The third-order valence-corrected chi connectivity index (χ3v) is 3.84. The van der Waals surface area contributed by atoms with Crippen molar-refractivity contribution < 1.29 is 0 Å². The number of nitrogens with zero attached hydrogens (tertiary/aromatic N) is 2. The van der Waals surface area contributed by atoms with E-state index < -0.39 is 0 Å². The van der Waals surface area contributed by atoms with Crippen molar-refractivity contribution in [1.82, 2.24) is 9.97 Å². The van der Waals surface area contributed by atoms with Gasteiger partial charge in [-0.05, 0) is 36.3 Å². The molecule has 2 heterocycles. The molecule has 0 bridgehead atoms. The first kappa shape index (κ1) is 11.5. The molecule has 5 heteroatoms. The van der Waals surface area contributed by atoms with E-state index >= 15 is 0 Å². The lowest BCUT2D eigenvalue weighted by atomic mass is 10.0. The third-order valence-electron chi connectivity index (χ3n) is 2.79. The molecule has 0 aliphatic carbocycles. The maximum Gasteiger partial charge on any atom is 0.224 e. The first-order chi connectivity index (χ1) is 7.88. The van der Waals surface area contributed by atoms with E-state index in [4.69, 9.17) is 0 Å². The molecule has 1 aliphatic heterocycles. The van der Waals surface area contributed by atoms with Crippen LogP contribution in [-0.2, 0) is 0 Å². The molecule has 0 radical (unpaired) electrons. The summed E-state index contributed by atoms with van der Waals surface area (Å²) in [5.41, 5.74) is 0. The molecule has 1 fully saturated rings. The van der Waals surface area contributed by atoms with E-state index in [-0.39, 0.29) is 0 Å². The smallest absolute Gasteiger partial charge is 0.224 e. The van der Waals surface area contributed by atoms with Gasteiger partial charge in [-0.15, -0.1) is 0 Å². The van der Waals surface area contributed by atoms with Gasteiger partial charge in [0.25, 0.3) is 0 Å². The average molecular weight is 238 g/mol. The molecule has 88 valence electrons. The van der Waals surface area contributed by atoms with Gasteiger partial charge in [0.2, 0.25) is 5.95 Å². The summed E-state index contributed by atoms with van der Waals surface area (Å²) in [5, 5.41) is 6.33. The minimum Gasteiger partial charge on any atom is -0.370 e. The maximum absolute atomic E-state index is 4.34. The molecular weight excluding hydrogens is 220 g/mol. The van der Waals surface area contributed by atoms with Crippen LogP contribution in [0.1, 0.15) is 12.8 Å². The summed E-state index contributed by atoms with van der Waals surface area (Å²) in [6, 6.07) is 1.92. The summed E-state index contributed by atoms with van der Waals surface area (Å²) >= 11 is 2.06. The van der Waals surface area contributed by atoms with Crippen molar-refractivity contribution in [3.05, 3.63) is 12.3 Å². The zero-order valence-corrected chi connectivity index (χ0v) is 10.4. The molecular formula is C11H18N4S. The van der Waals surface area contributed by atoms with Crippen molar-refractivity contribution in [1.29, 1.82) is 0 Å². The molecule has 2 N–H and O–H groups in total. The fraction of sp³-hybridized carbons (Fsp3) is 0.636. The molecule has 0 amide bonds. The molecule has 16 heavy (non-hydrogen) atoms. The van der Waals surface area contributed by atoms with Crippen molar-refractivity contribution in [2.75, 3.05) is 35.7 Å². The van der Waals surface area contributed by atoms with Crippen molar-refractivity contribution in [2.24, 2.45) is 5.92 Å². The lowest BCUT2D eigenvalue weighted by Gasteiger charge is -2.21. The number of nitrogens with one attached hydrogen (secondary N) is 2. The Morgan fingerprint density at radius 1 is 1.44 bits per heavy atom. The second-order valence-corrected chi connectivity index (χ2v) is 5.18. The average Bonchev–Trinajstić information content (AvgIpc) is 2.38. The van der Waals surface area contributed by atoms with Crippen molar-refractivity contribution >= 4 is 23.5 Å². The van der Waals surface area contributed by atoms with Crippen molar-refractivity contribution in [3.8, 4) is 0 Å². The normalized spacial score (nSPS) is 17.1. The highest BCUT2D eigenvalue weighted by atomic mass is 32.2. The van der Waals surface area contributed by atoms with E-state index in [1.54, 1.807) is 6.20 Å². The van der Waals surface area contributed by atoms with E-state index in [0.717, 1.165) is 18.3 Å². The Morgan fingerprint density at radius 3 is 3.00 bits per heavy atom. The van der Waals surface area contributed by atoms with Gasteiger partial charge in [0.05, 0.1) is 0 Å². The molecule has 4 nitrogen and oxygen atoms in total. The quantitative estimate of drug-likeness (QED) is 0.841. The van der Waals surface area contributed by atoms with Crippen LogP contribution in [0.2, 0.25) is 0 Å². The number of aromatic nitrogens is 2. The summed E-state index contributed by atoms with van der Waals surface area (Å²) in [7, 11) is 1.83. The Bertz CT molecular complexity index is 326. The van der Waals surface area contributed by atoms with Crippen molar-refractivity contribution in [2.45, 2.75) is 12.8 Å². The summed E-state index contributed by atoms with van der Waals surface area (Å²) in [6.07, 6.45) is 4.42. The van der Waals surface area contributed by atoms with Gasteiger partial charge in [-0.2, -0.15) is 16.7 Å². The lowest BCUT2D eigenvalue weighted by Crippen LogP contribution is -2.19. The van der Waals surface area contributed by atoms with E-state index in [1.807, 2.05) is 13.1 Å². The minimum atomic E-state index is 0.671. The van der Waals surface area contributed by atoms with Crippen LogP contribution in [0.3, 0.4) is 0 Å². The Balaban J connectivity index is 1.83. The third kappa shape index (κ3) is 3.27. The molecule has 1 saturated heterocycles. The van der Waals surface area contributed by atoms with Crippen LogP contribution in [0.4, 0.5) is 11.8 Å². The largest absolute Gasteiger partial charge is 0.370 e. The fourth-order valence-corrected chi connectivity index (χ4v) is 2.98. The van der Waals surface area contributed by atoms with Crippen LogP contribution in [-0.4, -0.2) is 35.1 Å². The predicted octanol–water partition coefficient (Wildman–Crippen LogP) is 2.07. The van der Waals surface area contributed by atoms with Crippen LogP contribution in [0.5, 0.6) is 0 Å². The molecule has 1 aliphatic rings. The molecule has 0 spiro atoms. The summed E-state index contributed by atoms with van der Waals surface area (Å²) in [5.74, 6) is 4.99. The van der Waals surface area contributed by atoms with Gasteiger partial charge in [-0.1, -0.05) is 0 Å². The van der Waals surface area contributed by atoms with Crippen LogP contribution in [0.25, 0.3) is 0 Å². The summed E-state index contributed by atoms with van der Waals surface area (Å²) < 4.78 is 0. The zero-order valence-electron chi connectivity index (χ0n) is 9.57. The first-order valence-corrected chi connectivity index (χ1v) is 6.86. The number of hydrogen-bond acceptors (Lipinski definition) is 5. The summed E-state index contributed by atoms with van der Waals surface area (Å²) in [4.78, 5) is 8.42. The van der Waals surface area contributed by atoms with Crippen LogP contribution in [0, 0.1) is 5.92 Å². The highest BCUT2D eigenvalue weighted by Crippen LogP contribution is 2.22. The number of rotatable bonds is 4. The SMILES string of the molecule is CNc1nccc(NCC2CCSCC2)n1. The lowest BCUT2D eigenvalue weighted by molar-refractivity contribution is 0.515. The van der Waals surface area contributed by atoms with Crippen molar-refractivity contribution in [3.63, 3.8) is 0 Å². The molecule has 2 rings (SSSR count). The molecule has 0 aromatic carbocycles. The number of thioether (sulfide) groups is 1. The standard InChI is InChI=1S/C11H18N4S/c1-12-11-13-5-2-10(15-11)14-8-9-3-6-16-7-4-9/h2,5,9H,3-4,6-8H2,1H3,(H2,12,13,14,15). The molecule has 1 aromatic rings. The molecule has 0 unspecified atom stereocenters.